The Balaban J connectivity index is 1.85. The molecule has 0 unspecified atom stereocenters. The Hall–Kier alpha value is -2.43. The van der Waals surface area contributed by atoms with Gasteiger partial charge in [0.05, 0.1) is 17.6 Å². The van der Waals surface area contributed by atoms with Gasteiger partial charge in [-0.1, -0.05) is 49.6 Å². The van der Waals surface area contributed by atoms with Crippen LogP contribution in [-0.4, -0.2) is 52.9 Å². The van der Waals surface area contributed by atoms with Gasteiger partial charge in [0.2, 0.25) is 26.0 Å². The summed E-state index contributed by atoms with van der Waals surface area (Å²) in [6.45, 7) is 1.28. The Labute approximate surface area is 196 Å². The van der Waals surface area contributed by atoms with Crippen molar-refractivity contribution < 1.29 is 21.6 Å². The smallest absolute Gasteiger partial charge is 0.245 e. The van der Waals surface area contributed by atoms with E-state index in [-0.39, 0.29) is 16.6 Å². The summed E-state index contributed by atoms with van der Waals surface area (Å²) >= 11 is 0. The van der Waals surface area contributed by atoms with Gasteiger partial charge in [-0.15, -0.1) is 0 Å². The number of carbonyl (C=O) groups is 1. The highest BCUT2D eigenvalue weighted by Crippen LogP contribution is 2.30. The van der Waals surface area contributed by atoms with Crippen molar-refractivity contribution in [1.82, 2.24) is 4.31 Å². The van der Waals surface area contributed by atoms with Crippen LogP contribution < -0.4 is 9.62 Å². The van der Waals surface area contributed by atoms with Gasteiger partial charge >= 0.3 is 0 Å². The van der Waals surface area contributed by atoms with E-state index in [1.807, 2.05) is 0 Å². The molecule has 3 rings (SSSR count). The molecule has 0 atom stereocenters. The average molecular weight is 494 g/mol. The Kier molecular flexibility index (Phi) is 7.81. The molecule has 8 nitrogen and oxygen atoms in total. The second-order valence-corrected chi connectivity index (χ2v) is 12.3. The maximum atomic E-state index is 13.3. The molecule has 1 amide bonds. The summed E-state index contributed by atoms with van der Waals surface area (Å²) in [5.41, 5.74) is 1.23. The average Bonchev–Trinajstić information content (AvgIpc) is 2.77. The minimum absolute atomic E-state index is 0.00628. The Morgan fingerprint density at radius 3 is 2.21 bits per heavy atom. The van der Waals surface area contributed by atoms with Crippen LogP contribution in [0.5, 0.6) is 0 Å². The number of anilines is 2. The number of sulfonamides is 2. The molecule has 0 spiro atoms. The van der Waals surface area contributed by atoms with Crippen LogP contribution in [-0.2, 0) is 24.8 Å². The zero-order valence-corrected chi connectivity index (χ0v) is 20.8. The monoisotopic (exact) mass is 493 g/mol. The molecular weight excluding hydrogens is 462 g/mol. The molecule has 1 N–H and O–H groups in total. The zero-order chi connectivity index (χ0) is 24.2. The molecule has 1 aliphatic rings. The van der Waals surface area contributed by atoms with E-state index in [1.165, 1.54) is 16.4 Å². The first-order valence-corrected chi connectivity index (χ1v) is 14.2. The molecule has 33 heavy (non-hydrogen) atoms. The van der Waals surface area contributed by atoms with Crippen LogP contribution in [0, 0.1) is 6.92 Å². The first kappa shape index (κ1) is 25.2. The summed E-state index contributed by atoms with van der Waals surface area (Å²) in [6, 6.07) is 13.0. The highest BCUT2D eigenvalue weighted by molar-refractivity contribution is 7.92. The van der Waals surface area contributed by atoms with Crippen LogP contribution in [0.1, 0.15) is 37.7 Å². The van der Waals surface area contributed by atoms with Gasteiger partial charge in [-0.25, -0.2) is 16.8 Å². The summed E-state index contributed by atoms with van der Waals surface area (Å²) in [5.74, 6) is -0.633. The molecule has 1 saturated carbocycles. The van der Waals surface area contributed by atoms with Crippen LogP contribution in [0.25, 0.3) is 0 Å². The highest BCUT2D eigenvalue weighted by Gasteiger charge is 2.31. The van der Waals surface area contributed by atoms with Crippen molar-refractivity contribution in [2.45, 2.75) is 50.0 Å². The van der Waals surface area contributed by atoms with Gasteiger partial charge in [0.1, 0.15) is 11.4 Å². The number of carbonyl (C=O) groups excluding carboxylic acids is 1. The number of para-hydroxylation sites is 2. The highest BCUT2D eigenvalue weighted by atomic mass is 32.2. The first-order valence-electron chi connectivity index (χ1n) is 10.9. The third-order valence-corrected chi connectivity index (χ3v) is 9.07. The molecule has 0 bridgehead atoms. The molecule has 180 valence electrons. The van der Waals surface area contributed by atoms with E-state index in [0.29, 0.717) is 11.3 Å². The molecule has 1 fully saturated rings. The molecular formula is C23H31N3O5S2. The second kappa shape index (κ2) is 10.2. The maximum absolute atomic E-state index is 13.3. The SMILES string of the molecule is Cc1ccccc1N(CC(=O)Nc1ccccc1S(=O)(=O)N(C)C1CCCCC1)S(C)(=O)=O. The topological polar surface area (TPSA) is 104 Å². The van der Waals surface area contributed by atoms with E-state index in [2.05, 4.69) is 5.32 Å². The van der Waals surface area contributed by atoms with Gasteiger partial charge in [-0.2, -0.15) is 4.31 Å². The summed E-state index contributed by atoms with van der Waals surface area (Å²) in [6.07, 6.45) is 5.74. The Morgan fingerprint density at radius 1 is 0.970 bits per heavy atom. The van der Waals surface area contributed by atoms with Crippen molar-refractivity contribution in [3.05, 3.63) is 54.1 Å². The third kappa shape index (κ3) is 5.93. The fraction of sp³-hybridized carbons (Fsp3) is 0.435. The third-order valence-electron chi connectivity index (χ3n) is 5.98. The number of hydrogen-bond acceptors (Lipinski definition) is 5. The second-order valence-electron chi connectivity index (χ2n) is 8.41. The zero-order valence-electron chi connectivity index (χ0n) is 19.2. The van der Waals surface area contributed by atoms with Crippen molar-refractivity contribution in [2.24, 2.45) is 0 Å². The van der Waals surface area contributed by atoms with E-state index in [4.69, 9.17) is 0 Å². The van der Waals surface area contributed by atoms with Crippen molar-refractivity contribution in [3.8, 4) is 0 Å². The maximum Gasteiger partial charge on any atom is 0.245 e. The van der Waals surface area contributed by atoms with Crippen LogP contribution in [0.15, 0.2) is 53.4 Å². The summed E-state index contributed by atoms with van der Waals surface area (Å²) < 4.78 is 53.9. The van der Waals surface area contributed by atoms with Crippen molar-refractivity contribution in [1.29, 1.82) is 0 Å². The van der Waals surface area contributed by atoms with Crippen LogP contribution in [0.4, 0.5) is 11.4 Å². The van der Waals surface area contributed by atoms with Crippen molar-refractivity contribution >= 4 is 37.3 Å². The lowest BCUT2D eigenvalue weighted by Crippen LogP contribution is -2.39. The van der Waals surface area contributed by atoms with Gasteiger partial charge in [-0.05, 0) is 43.5 Å². The van der Waals surface area contributed by atoms with Crippen LogP contribution >= 0.6 is 0 Å². The van der Waals surface area contributed by atoms with Gasteiger partial charge in [0.15, 0.2) is 0 Å². The molecule has 10 heteroatoms. The van der Waals surface area contributed by atoms with Crippen molar-refractivity contribution in [2.75, 3.05) is 29.5 Å². The lowest BCUT2D eigenvalue weighted by molar-refractivity contribution is -0.114. The number of aryl methyl sites for hydroxylation is 1. The fourth-order valence-electron chi connectivity index (χ4n) is 4.14. The van der Waals surface area contributed by atoms with E-state index in [1.54, 1.807) is 50.4 Å². The quantitative estimate of drug-likeness (QED) is 0.607. The lowest BCUT2D eigenvalue weighted by Gasteiger charge is -2.31. The number of amides is 1. The summed E-state index contributed by atoms with van der Waals surface area (Å²) in [5, 5.41) is 2.62. The molecule has 0 aromatic heterocycles. The lowest BCUT2D eigenvalue weighted by atomic mass is 9.96. The minimum atomic E-state index is -3.84. The minimum Gasteiger partial charge on any atom is -0.323 e. The van der Waals surface area contributed by atoms with Crippen LogP contribution in [0.3, 0.4) is 0 Å². The van der Waals surface area contributed by atoms with Gasteiger partial charge in [0.25, 0.3) is 0 Å². The van der Waals surface area contributed by atoms with Gasteiger partial charge in [-0.3, -0.25) is 9.10 Å². The molecule has 1 aliphatic carbocycles. The number of benzene rings is 2. The van der Waals surface area contributed by atoms with E-state index in [0.717, 1.165) is 42.7 Å². The van der Waals surface area contributed by atoms with Gasteiger partial charge in [0, 0.05) is 13.1 Å². The molecule has 0 radical (unpaired) electrons. The van der Waals surface area contributed by atoms with Crippen LogP contribution in [0.2, 0.25) is 0 Å². The summed E-state index contributed by atoms with van der Waals surface area (Å²) in [4.78, 5) is 12.9. The predicted octanol–water partition coefficient (Wildman–Crippen LogP) is 3.35. The molecule has 0 aliphatic heterocycles. The standard InChI is InChI=1S/C23H31N3O5S2/c1-18-11-7-9-15-21(18)26(32(3,28)29)17-23(27)24-20-14-8-10-16-22(20)33(30,31)25(2)19-12-5-4-6-13-19/h7-11,14-16,19H,4-6,12-13,17H2,1-3H3,(H,24,27). The molecule has 2 aromatic rings. The number of nitrogens with one attached hydrogen (secondary N) is 1. The number of rotatable bonds is 8. The van der Waals surface area contributed by atoms with E-state index < -0.39 is 32.5 Å². The van der Waals surface area contributed by atoms with E-state index >= 15 is 0 Å². The molecule has 0 heterocycles. The Morgan fingerprint density at radius 2 is 1.58 bits per heavy atom. The predicted molar refractivity (Wildman–Crippen MR) is 130 cm³/mol. The fourth-order valence-corrected chi connectivity index (χ4v) is 6.61. The summed E-state index contributed by atoms with van der Waals surface area (Å²) in [7, 11) is -6.02. The van der Waals surface area contributed by atoms with E-state index in [9.17, 15) is 21.6 Å². The normalized spacial score (nSPS) is 15.4. The number of hydrogen-bond donors (Lipinski definition) is 1. The number of nitrogens with zero attached hydrogens (tertiary/aromatic N) is 2. The van der Waals surface area contributed by atoms with Gasteiger partial charge < -0.3 is 5.32 Å². The molecule has 2 aromatic carbocycles. The Bertz CT molecular complexity index is 1210. The largest absolute Gasteiger partial charge is 0.323 e. The van der Waals surface area contributed by atoms with Crippen molar-refractivity contribution in [3.63, 3.8) is 0 Å². The first-order chi connectivity index (χ1) is 15.5. The molecule has 0 saturated heterocycles.